The predicted molar refractivity (Wildman–Crippen MR) is 51.7 cm³/mol. The molecule has 1 aromatic rings. The number of nitrogens with two attached hydrogens (primary N) is 1. The molecule has 15 heavy (non-hydrogen) atoms. The van der Waals surface area contributed by atoms with Gasteiger partial charge in [-0.25, -0.2) is 9.18 Å². The fraction of sp³-hybridized carbons (Fsp3) is 0.556. The topological polar surface area (TPSA) is 81.1 Å². The van der Waals surface area contributed by atoms with Crippen LogP contribution in [0.25, 0.3) is 0 Å². The molecule has 2 atom stereocenters. The maximum Gasteiger partial charge on any atom is 0.349 e. The van der Waals surface area contributed by atoms with E-state index in [2.05, 4.69) is 4.98 Å². The van der Waals surface area contributed by atoms with E-state index in [0.29, 0.717) is 0 Å². The van der Waals surface area contributed by atoms with Crippen molar-refractivity contribution in [2.24, 2.45) is 5.92 Å². The van der Waals surface area contributed by atoms with E-state index in [1.165, 1.54) is 4.57 Å². The van der Waals surface area contributed by atoms with Crippen LogP contribution in [0.5, 0.6) is 0 Å². The van der Waals surface area contributed by atoms with Crippen LogP contribution >= 0.6 is 0 Å². The lowest BCUT2D eigenvalue weighted by Gasteiger charge is -2.36. The molecular weight excluding hydrogens is 201 g/mol. The first-order chi connectivity index (χ1) is 7.13. The van der Waals surface area contributed by atoms with Crippen LogP contribution in [-0.2, 0) is 0 Å². The highest BCUT2D eigenvalue weighted by Crippen LogP contribution is 2.37. The van der Waals surface area contributed by atoms with Crippen molar-refractivity contribution >= 4 is 5.82 Å². The molecule has 2 rings (SSSR count). The Kier molecular flexibility index (Phi) is 2.44. The maximum atomic E-state index is 13.1. The number of aliphatic hydroxyl groups is 1. The van der Waals surface area contributed by atoms with Gasteiger partial charge in [0, 0.05) is 24.8 Å². The molecule has 0 aromatic carbocycles. The van der Waals surface area contributed by atoms with Gasteiger partial charge in [0.1, 0.15) is 0 Å². The second kappa shape index (κ2) is 3.62. The van der Waals surface area contributed by atoms with Gasteiger partial charge in [-0.2, -0.15) is 4.98 Å². The van der Waals surface area contributed by atoms with Crippen LogP contribution in [0.1, 0.15) is 18.9 Å². The lowest BCUT2D eigenvalue weighted by atomic mass is 9.80. The fourth-order valence-corrected chi connectivity index (χ4v) is 1.83. The summed E-state index contributed by atoms with van der Waals surface area (Å²) in [4.78, 5) is 14.8. The molecule has 6 heteroatoms. The highest BCUT2D eigenvalue weighted by atomic mass is 19.1. The Morgan fingerprint density at radius 1 is 1.67 bits per heavy atom. The number of hydrogen-bond acceptors (Lipinski definition) is 4. The van der Waals surface area contributed by atoms with Crippen LogP contribution in [0.4, 0.5) is 10.2 Å². The number of hydrogen-bond donors (Lipinski definition) is 2. The second-order valence-corrected chi connectivity index (χ2v) is 3.75. The van der Waals surface area contributed by atoms with Gasteiger partial charge in [0.2, 0.25) is 0 Å². The van der Waals surface area contributed by atoms with E-state index in [4.69, 9.17) is 10.8 Å². The number of rotatable bonds is 2. The molecule has 3 N–H and O–H groups in total. The van der Waals surface area contributed by atoms with Gasteiger partial charge < -0.3 is 10.8 Å². The Balaban J connectivity index is 2.36. The van der Waals surface area contributed by atoms with Gasteiger partial charge in [-0.05, 0) is 12.8 Å². The minimum atomic E-state index is -0.696. The van der Waals surface area contributed by atoms with Gasteiger partial charge in [-0.3, -0.25) is 4.57 Å². The molecule has 0 unspecified atom stereocenters. The first-order valence-electron chi connectivity index (χ1n) is 4.78. The maximum absolute atomic E-state index is 13.1. The zero-order valence-electron chi connectivity index (χ0n) is 8.06. The van der Waals surface area contributed by atoms with Crippen molar-refractivity contribution in [2.75, 3.05) is 12.3 Å². The van der Waals surface area contributed by atoms with Gasteiger partial charge in [0.25, 0.3) is 0 Å². The molecule has 82 valence electrons. The van der Waals surface area contributed by atoms with Crippen LogP contribution in [0, 0.1) is 11.7 Å². The Labute approximate surface area is 85.4 Å². The van der Waals surface area contributed by atoms with Crippen molar-refractivity contribution < 1.29 is 9.50 Å². The van der Waals surface area contributed by atoms with E-state index in [1.54, 1.807) is 0 Å². The second-order valence-electron chi connectivity index (χ2n) is 3.75. The summed E-state index contributed by atoms with van der Waals surface area (Å²) in [5.74, 6) is -1.05. The van der Waals surface area contributed by atoms with Crippen LogP contribution in [-0.4, -0.2) is 21.3 Å². The summed E-state index contributed by atoms with van der Waals surface area (Å²) in [6.45, 7) is 0.00308. The minimum Gasteiger partial charge on any atom is -0.396 e. The Hall–Kier alpha value is -1.43. The van der Waals surface area contributed by atoms with Crippen molar-refractivity contribution in [1.82, 2.24) is 9.55 Å². The van der Waals surface area contributed by atoms with Gasteiger partial charge in [0.15, 0.2) is 11.6 Å². The van der Waals surface area contributed by atoms with Gasteiger partial charge >= 0.3 is 5.69 Å². The standard InChI is InChI=1S/C9H12FN3O2/c10-6-3-13(9(15)12-8(6)11)7-2-1-5(7)4-14/h3,5,7,14H,1-2,4H2,(H2,11,12,15)/t5-,7+/m1/s1. The molecule has 1 aromatic heterocycles. The predicted octanol–water partition coefficient (Wildman–Crippen LogP) is -0.0920. The quantitative estimate of drug-likeness (QED) is 0.719. The first-order valence-corrected chi connectivity index (χ1v) is 4.78. The SMILES string of the molecule is Nc1nc(=O)n([C@H]2CC[C@@H]2CO)cc1F. The van der Waals surface area contributed by atoms with E-state index < -0.39 is 11.5 Å². The third-order valence-electron chi connectivity index (χ3n) is 2.90. The molecule has 0 radical (unpaired) electrons. The molecule has 0 amide bonds. The molecule has 1 saturated carbocycles. The van der Waals surface area contributed by atoms with E-state index in [1.807, 2.05) is 0 Å². The molecule has 1 fully saturated rings. The Morgan fingerprint density at radius 3 is 2.93 bits per heavy atom. The molecule has 1 aliphatic rings. The zero-order valence-corrected chi connectivity index (χ0v) is 8.06. The number of aromatic nitrogens is 2. The van der Waals surface area contributed by atoms with Gasteiger partial charge in [-0.15, -0.1) is 0 Å². The summed E-state index contributed by atoms with van der Waals surface area (Å²) in [7, 11) is 0. The van der Waals surface area contributed by atoms with E-state index in [9.17, 15) is 9.18 Å². The summed E-state index contributed by atoms with van der Waals surface area (Å²) in [6.07, 6.45) is 2.67. The number of nitrogens with zero attached hydrogens (tertiary/aromatic N) is 2. The van der Waals surface area contributed by atoms with E-state index >= 15 is 0 Å². The molecule has 0 spiro atoms. The summed E-state index contributed by atoms with van der Waals surface area (Å²) >= 11 is 0. The zero-order chi connectivity index (χ0) is 11.0. The number of halogens is 1. The molecule has 0 saturated heterocycles. The molecule has 1 aliphatic carbocycles. The molecule has 5 nitrogen and oxygen atoms in total. The Bertz CT molecular complexity index is 430. The van der Waals surface area contributed by atoms with Crippen LogP contribution in [0.15, 0.2) is 11.0 Å². The van der Waals surface area contributed by atoms with Crippen molar-refractivity contribution in [3.63, 3.8) is 0 Å². The highest BCUT2D eigenvalue weighted by molar-refractivity contribution is 5.26. The summed E-state index contributed by atoms with van der Waals surface area (Å²) < 4.78 is 14.3. The summed E-state index contributed by atoms with van der Waals surface area (Å²) in [6, 6.07) is -0.148. The smallest absolute Gasteiger partial charge is 0.349 e. The summed E-state index contributed by atoms with van der Waals surface area (Å²) in [5.41, 5.74) is 4.61. The van der Waals surface area contributed by atoms with Crippen molar-refractivity contribution in [3.05, 3.63) is 22.5 Å². The third-order valence-corrected chi connectivity index (χ3v) is 2.90. The molecular formula is C9H12FN3O2. The number of aliphatic hydroxyl groups excluding tert-OH is 1. The molecule has 0 bridgehead atoms. The molecule has 1 heterocycles. The first kappa shape index (κ1) is 10.1. The Morgan fingerprint density at radius 2 is 2.40 bits per heavy atom. The average Bonchev–Trinajstić information content (AvgIpc) is 2.13. The van der Waals surface area contributed by atoms with Crippen molar-refractivity contribution in [3.8, 4) is 0 Å². The van der Waals surface area contributed by atoms with Crippen LogP contribution in [0.2, 0.25) is 0 Å². The lowest BCUT2D eigenvalue weighted by molar-refractivity contribution is 0.0935. The fourth-order valence-electron chi connectivity index (χ4n) is 1.83. The monoisotopic (exact) mass is 213 g/mol. The largest absolute Gasteiger partial charge is 0.396 e. The van der Waals surface area contributed by atoms with Crippen molar-refractivity contribution in [1.29, 1.82) is 0 Å². The van der Waals surface area contributed by atoms with Crippen LogP contribution < -0.4 is 11.4 Å². The van der Waals surface area contributed by atoms with E-state index in [0.717, 1.165) is 19.0 Å². The van der Waals surface area contributed by atoms with Gasteiger partial charge in [-0.1, -0.05) is 0 Å². The molecule has 0 aliphatic heterocycles. The van der Waals surface area contributed by atoms with E-state index in [-0.39, 0.29) is 24.4 Å². The van der Waals surface area contributed by atoms with Gasteiger partial charge in [0.05, 0.1) is 0 Å². The van der Waals surface area contributed by atoms with Crippen molar-refractivity contribution in [2.45, 2.75) is 18.9 Å². The number of anilines is 1. The minimum absolute atomic E-state index is 0.00308. The van der Waals surface area contributed by atoms with Crippen LogP contribution in [0.3, 0.4) is 0 Å². The lowest BCUT2D eigenvalue weighted by Crippen LogP contribution is -2.38. The summed E-state index contributed by atoms with van der Waals surface area (Å²) in [5, 5.41) is 8.98. The normalized spacial score (nSPS) is 24.9. The number of nitrogen functional groups attached to an aromatic ring is 1. The highest BCUT2D eigenvalue weighted by Gasteiger charge is 2.32. The third kappa shape index (κ3) is 1.61. The average molecular weight is 213 g/mol.